The molecule has 0 aliphatic rings. The van der Waals surface area contributed by atoms with Crippen molar-refractivity contribution in [3.05, 3.63) is 79.4 Å². The van der Waals surface area contributed by atoms with Crippen LogP contribution < -0.4 is 0 Å². The first kappa shape index (κ1) is 14.8. The van der Waals surface area contributed by atoms with Gasteiger partial charge in [-0.2, -0.15) is 0 Å². The van der Waals surface area contributed by atoms with Crippen LogP contribution >= 0.6 is 0 Å². The van der Waals surface area contributed by atoms with Gasteiger partial charge < -0.3 is 4.90 Å². The molecule has 2 aromatic rings. The van der Waals surface area contributed by atoms with Crippen molar-refractivity contribution in [2.24, 2.45) is 0 Å². The minimum Gasteiger partial charge on any atom is -0.332 e. The molecule has 0 aliphatic heterocycles. The van der Waals surface area contributed by atoms with Gasteiger partial charge in [-0.15, -0.1) is 13.2 Å². The van der Waals surface area contributed by atoms with E-state index >= 15 is 0 Å². The number of fused-ring (bicyclic) bond motifs is 1. The Morgan fingerprint density at radius 1 is 1.00 bits per heavy atom. The van der Waals surface area contributed by atoms with Gasteiger partial charge in [0.05, 0.1) is 0 Å². The second-order valence-electron chi connectivity index (χ2n) is 4.72. The molecule has 106 valence electrons. The third-order valence-electron chi connectivity index (χ3n) is 3.24. The first-order valence-electron chi connectivity index (χ1n) is 6.93. The zero-order valence-corrected chi connectivity index (χ0v) is 12.0. The Bertz CT molecular complexity index is 670. The lowest BCUT2D eigenvalue weighted by Crippen LogP contribution is -2.29. The molecule has 21 heavy (non-hydrogen) atoms. The van der Waals surface area contributed by atoms with Gasteiger partial charge in [-0.1, -0.05) is 54.6 Å². The molecule has 2 aromatic carbocycles. The molecule has 0 bridgehead atoms. The summed E-state index contributed by atoms with van der Waals surface area (Å²) < 4.78 is 0. The van der Waals surface area contributed by atoms with E-state index in [1.165, 1.54) is 5.39 Å². The quantitative estimate of drug-likeness (QED) is 0.576. The summed E-state index contributed by atoms with van der Waals surface area (Å²) in [4.78, 5) is 13.9. The number of carbonyl (C=O) groups excluding carboxylic acids is 1. The van der Waals surface area contributed by atoms with Crippen molar-refractivity contribution in [2.45, 2.75) is 0 Å². The van der Waals surface area contributed by atoms with Crippen LogP contribution in [0.25, 0.3) is 16.8 Å². The average Bonchev–Trinajstić information content (AvgIpc) is 2.52. The highest BCUT2D eigenvalue weighted by molar-refractivity contribution is 5.96. The van der Waals surface area contributed by atoms with Crippen molar-refractivity contribution in [3.63, 3.8) is 0 Å². The molecule has 0 radical (unpaired) electrons. The lowest BCUT2D eigenvalue weighted by Gasteiger charge is -2.16. The Morgan fingerprint density at radius 2 is 1.67 bits per heavy atom. The Balaban J connectivity index is 2.24. The van der Waals surface area contributed by atoms with Crippen LogP contribution in [0.15, 0.2) is 73.9 Å². The standard InChI is InChI=1S/C19H19NO/c1-3-14-20(15-4-2)19(21)13-12-17-10-7-9-16-8-5-6-11-18(16)17/h3-13H,1-2,14-15H2/b13-12+. The van der Waals surface area contributed by atoms with E-state index in [0.29, 0.717) is 13.1 Å². The second kappa shape index (κ2) is 7.25. The number of amides is 1. The zero-order valence-electron chi connectivity index (χ0n) is 12.0. The monoisotopic (exact) mass is 277 g/mol. The molecule has 0 saturated heterocycles. The van der Waals surface area contributed by atoms with Crippen LogP contribution in [0.2, 0.25) is 0 Å². The highest BCUT2D eigenvalue weighted by Gasteiger charge is 2.06. The van der Waals surface area contributed by atoms with Gasteiger partial charge in [0.2, 0.25) is 5.91 Å². The summed E-state index contributed by atoms with van der Waals surface area (Å²) in [6.07, 6.45) is 6.90. The van der Waals surface area contributed by atoms with Gasteiger partial charge in [-0.05, 0) is 22.4 Å². The highest BCUT2D eigenvalue weighted by Crippen LogP contribution is 2.19. The van der Waals surface area contributed by atoms with E-state index in [9.17, 15) is 4.79 Å². The second-order valence-corrected chi connectivity index (χ2v) is 4.72. The summed E-state index contributed by atoms with van der Waals surface area (Å²) in [5, 5.41) is 2.31. The predicted octanol–water partition coefficient (Wildman–Crippen LogP) is 4.05. The highest BCUT2D eigenvalue weighted by atomic mass is 16.2. The maximum absolute atomic E-state index is 12.2. The van der Waals surface area contributed by atoms with Crippen molar-refractivity contribution in [1.29, 1.82) is 0 Å². The maximum Gasteiger partial charge on any atom is 0.247 e. The maximum atomic E-state index is 12.2. The molecule has 0 aliphatic carbocycles. The Labute approximate surface area is 125 Å². The summed E-state index contributed by atoms with van der Waals surface area (Å²) >= 11 is 0. The SMILES string of the molecule is C=CCN(CC=C)C(=O)/C=C/c1cccc2ccccc12. The predicted molar refractivity (Wildman–Crippen MR) is 90.0 cm³/mol. The Hall–Kier alpha value is -2.61. The third kappa shape index (κ3) is 3.69. The molecular weight excluding hydrogens is 258 g/mol. The molecular formula is C19H19NO. The van der Waals surface area contributed by atoms with Crippen LogP contribution in [0.1, 0.15) is 5.56 Å². The largest absolute Gasteiger partial charge is 0.332 e. The molecule has 0 N–H and O–H groups in total. The fourth-order valence-corrected chi connectivity index (χ4v) is 2.23. The van der Waals surface area contributed by atoms with E-state index in [-0.39, 0.29) is 5.91 Å². The Kier molecular flexibility index (Phi) is 5.10. The van der Waals surface area contributed by atoms with Crippen LogP contribution in [0.3, 0.4) is 0 Å². The molecule has 0 spiro atoms. The molecule has 0 fully saturated rings. The van der Waals surface area contributed by atoms with E-state index in [1.807, 2.05) is 30.3 Å². The lowest BCUT2D eigenvalue weighted by molar-refractivity contribution is -0.124. The van der Waals surface area contributed by atoms with Gasteiger partial charge in [-0.3, -0.25) is 4.79 Å². The number of carbonyl (C=O) groups is 1. The first-order valence-corrected chi connectivity index (χ1v) is 6.93. The molecule has 1 amide bonds. The van der Waals surface area contributed by atoms with Crippen molar-refractivity contribution in [2.75, 3.05) is 13.1 Å². The lowest BCUT2D eigenvalue weighted by atomic mass is 10.0. The van der Waals surface area contributed by atoms with E-state index in [4.69, 9.17) is 0 Å². The molecule has 0 unspecified atom stereocenters. The van der Waals surface area contributed by atoms with Gasteiger partial charge in [0.25, 0.3) is 0 Å². The molecule has 0 heterocycles. The van der Waals surface area contributed by atoms with Gasteiger partial charge in [0, 0.05) is 19.2 Å². The number of hydrogen-bond acceptors (Lipinski definition) is 1. The molecule has 2 nitrogen and oxygen atoms in total. The normalized spacial score (nSPS) is 10.7. The van der Waals surface area contributed by atoms with Crippen LogP contribution in [-0.2, 0) is 4.79 Å². The van der Waals surface area contributed by atoms with E-state index in [1.54, 1.807) is 23.1 Å². The minimum absolute atomic E-state index is 0.0391. The summed E-state index contributed by atoms with van der Waals surface area (Å²) in [6, 6.07) is 14.2. The molecule has 2 heteroatoms. The number of nitrogens with zero attached hydrogens (tertiary/aromatic N) is 1. The van der Waals surface area contributed by atoms with Crippen LogP contribution in [0.4, 0.5) is 0 Å². The summed E-state index contributed by atoms with van der Waals surface area (Å²) in [5.74, 6) is -0.0391. The molecule has 0 saturated carbocycles. The third-order valence-corrected chi connectivity index (χ3v) is 3.24. The smallest absolute Gasteiger partial charge is 0.247 e. The topological polar surface area (TPSA) is 20.3 Å². The van der Waals surface area contributed by atoms with Crippen molar-refractivity contribution in [3.8, 4) is 0 Å². The van der Waals surface area contributed by atoms with Gasteiger partial charge in [-0.25, -0.2) is 0 Å². The summed E-state index contributed by atoms with van der Waals surface area (Å²) in [7, 11) is 0. The fraction of sp³-hybridized carbons (Fsp3) is 0.105. The van der Waals surface area contributed by atoms with E-state index in [0.717, 1.165) is 10.9 Å². The number of rotatable bonds is 6. The number of benzene rings is 2. The van der Waals surface area contributed by atoms with Crippen molar-refractivity contribution in [1.82, 2.24) is 4.90 Å². The van der Waals surface area contributed by atoms with Crippen molar-refractivity contribution >= 4 is 22.8 Å². The minimum atomic E-state index is -0.0391. The summed E-state index contributed by atoms with van der Waals surface area (Å²) in [6.45, 7) is 8.38. The van der Waals surface area contributed by atoms with E-state index < -0.39 is 0 Å². The molecule has 0 atom stereocenters. The van der Waals surface area contributed by atoms with Gasteiger partial charge in [0.15, 0.2) is 0 Å². The summed E-state index contributed by atoms with van der Waals surface area (Å²) in [5.41, 5.74) is 1.04. The first-order chi connectivity index (χ1) is 10.3. The fourth-order valence-electron chi connectivity index (χ4n) is 2.23. The van der Waals surface area contributed by atoms with Gasteiger partial charge in [0.1, 0.15) is 0 Å². The average molecular weight is 277 g/mol. The molecule has 2 rings (SSSR count). The van der Waals surface area contributed by atoms with Crippen LogP contribution in [0, 0.1) is 0 Å². The van der Waals surface area contributed by atoms with Crippen LogP contribution in [-0.4, -0.2) is 23.9 Å². The van der Waals surface area contributed by atoms with Crippen molar-refractivity contribution < 1.29 is 4.79 Å². The molecule has 0 aromatic heterocycles. The van der Waals surface area contributed by atoms with Crippen LogP contribution in [0.5, 0.6) is 0 Å². The van der Waals surface area contributed by atoms with E-state index in [2.05, 4.69) is 31.4 Å². The zero-order chi connectivity index (χ0) is 15.1. The Morgan fingerprint density at radius 3 is 2.38 bits per heavy atom. The van der Waals surface area contributed by atoms with Gasteiger partial charge >= 0.3 is 0 Å². The number of hydrogen-bond donors (Lipinski definition) is 0.